The van der Waals surface area contributed by atoms with Gasteiger partial charge in [-0.15, -0.1) is 0 Å². The van der Waals surface area contributed by atoms with Gasteiger partial charge in [-0.1, -0.05) is 30.3 Å². The highest BCUT2D eigenvalue weighted by molar-refractivity contribution is 5.93. The lowest BCUT2D eigenvalue weighted by Gasteiger charge is -2.05. The molecule has 0 aliphatic rings. The standard InChI is InChI=1S/C15H16N2O2/c18-15(14-9-5-11-17(19)12-14)16-10-4-8-13-6-2-1-3-7-13/h1-3,5-7,9,11-12H,4,8,10H2,(H,16,18). The summed E-state index contributed by atoms with van der Waals surface area (Å²) < 4.78 is 0.624. The van der Waals surface area contributed by atoms with Crippen LogP contribution in [0.1, 0.15) is 22.3 Å². The molecular formula is C15H16N2O2. The summed E-state index contributed by atoms with van der Waals surface area (Å²) in [4.78, 5) is 11.7. The summed E-state index contributed by atoms with van der Waals surface area (Å²) in [6, 6.07) is 13.3. The molecular weight excluding hydrogens is 240 g/mol. The molecule has 0 bridgehead atoms. The summed E-state index contributed by atoms with van der Waals surface area (Å²) in [6.45, 7) is 0.599. The van der Waals surface area contributed by atoms with Gasteiger partial charge in [0.2, 0.25) is 0 Å². The van der Waals surface area contributed by atoms with Crippen LogP contribution >= 0.6 is 0 Å². The number of pyridine rings is 1. The fraction of sp³-hybridized carbons (Fsp3) is 0.200. The van der Waals surface area contributed by atoms with Crippen LogP contribution in [0, 0.1) is 5.21 Å². The van der Waals surface area contributed by atoms with E-state index in [0.29, 0.717) is 16.8 Å². The maximum atomic E-state index is 11.7. The molecule has 0 unspecified atom stereocenters. The van der Waals surface area contributed by atoms with Gasteiger partial charge < -0.3 is 10.5 Å². The molecule has 1 aromatic heterocycles. The van der Waals surface area contributed by atoms with Crippen molar-refractivity contribution in [1.29, 1.82) is 0 Å². The number of nitrogens with zero attached hydrogens (tertiary/aromatic N) is 1. The molecule has 0 saturated carbocycles. The first kappa shape index (κ1) is 13.1. The van der Waals surface area contributed by atoms with E-state index in [-0.39, 0.29) is 5.91 Å². The summed E-state index contributed by atoms with van der Waals surface area (Å²) >= 11 is 0. The van der Waals surface area contributed by atoms with E-state index in [2.05, 4.69) is 17.4 Å². The number of aryl methyl sites for hydroxylation is 1. The number of aromatic nitrogens is 1. The molecule has 0 saturated heterocycles. The van der Waals surface area contributed by atoms with Gasteiger partial charge in [0.1, 0.15) is 5.56 Å². The van der Waals surface area contributed by atoms with Crippen LogP contribution in [-0.2, 0) is 6.42 Å². The average molecular weight is 256 g/mol. The highest BCUT2D eigenvalue weighted by Crippen LogP contribution is 2.01. The van der Waals surface area contributed by atoms with Gasteiger partial charge in [0.05, 0.1) is 0 Å². The van der Waals surface area contributed by atoms with Gasteiger partial charge >= 0.3 is 0 Å². The van der Waals surface area contributed by atoms with Crippen molar-refractivity contribution >= 4 is 5.91 Å². The number of carbonyl (C=O) groups excluding carboxylic acids is 1. The Morgan fingerprint density at radius 3 is 2.68 bits per heavy atom. The number of carbonyl (C=O) groups is 1. The second kappa shape index (κ2) is 6.54. The zero-order valence-electron chi connectivity index (χ0n) is 10.6. The SMILES string of the molecule is O=C(NCCCc1ccccc1)c1ccc[n+]([O-])c1. The van der Waals surface area contributed by atoms with Gasteiger partial charge in [-0.25, -0.2) is 0 Å². The molecule has 0 atom stereocenters. The molecule has 1 N–H and O–H groups in total. The highest BCUT2D eigenvalue weighted by Gasteiger charge is 2.07. The van der Waals surface area contributed by atoms with E-state index < -0.39 is 0 Å². The summed E-state index contributed by atoms with van der Waals surface area (Å²) in [5.41, 5.74) is 1.64. The maximum Gasteiger partial charge on any atom is 0.257 e. The van der Waals surface area contributed by atoms with Crippen molar-refractivity contribution in [3.63, 3.8) is 0 Å². The molecule has 4 heteroatoms. The van der Waals surface area contributed by atoms with Gasteiger partial charge in [0, 0.05) is 12.6 Å². The van der Waals surface area contributed by atoms with Crippen molar-refractivity contribution in [3.05, 3.63) is 71.2 Å². The molecule has 0 fully saturated rings. The second-order valence-electron chi connectivity index (χ2n) is 4.30. The third-order valence-electron chi connectivity index (χ3n) is 2.81. The summed E-state index contributed by atoms with van der Waals surface area (Å²) in [6.07, 6.45) is 4.43. The molecule has 0 aliphatic carbocycles. The van der Waals surface area contributed by atoms with E-state index in [0.717, 1.165) is 12.8 Å². The number of benzene rings is 1. The average Bonchev–Trinajstić information content (AvgIpc) is 2.44. The number of nitrogens with one attached hydrogen (secondary N) is 1. The van der Waals surface area contributed by atoms with Crippen LogP contribution in [0.3, 0.4) is 0 Å². The number of hydrogen-bond acceptors (Lipinski definition) is 2. The third-order valence-corrected chi connectivity index (χ3v) is 2.81. The molecule has 1 amide bonds. The van der Waals surface area contributed by atoms with Crippen LogP contribution in [0.5, 0.6) is 0 Å². The predicted octanol–water partition coefficient (Wildman–Crippen LogP) is 1.68. The molecule has 0 radical (unpaired) electrons. The van der Waals surface area contributed by atoms with Gasteiger partial charge in [-0.05, 0) is 24.5 Å². The van der Waals surface area contributed by atoms with Crippen LogP contribution in [0.15, 0.2) is 54.9 Å². The third kappa shape index (κ3) is 4.10. The Morgan fingerprint density at radius 1 is 1.16 bits per heavy atom. The van der Waals surface area contributed by atoms with Crippen molar-refractivity contribution in [2.45, 2.75) is 12.8 Å². The van der Waals surface area contributed by atoms with Crippen molar-refractivity contribution < 1.29 is 9.52 Å². The van der Waals surface area contributed by atoms with E-state index in [4.69, 9.17) is 0 Å². The smallest absolute Gasteiger partial charge is 0.257 e. The largest absolute Gasteiger partial charge is 0.619 e. The first-order chi connectivity index (χ1) is 9.25. The van der Waals surface area contributed by atoms with Crippen molar-refractivity contribution in [2.24, 2.45) is 0 Å². The van der Waals surface area contributed by atoms with E-state index in [1.165, 1.54) is 18.0 Å². The Bertz CT molecular complexity index is 541. The lowest BCUT2D eigenvalue weighted by Crippen LogP contribution is -2.30. The number of rotatable bonds is 5. The van der Waals surface area contributed by atoms with Gasteiger partial charge in [-0.3, -0.25) is 4.79 Å². The zero-order valence-corrected chi connectivity index (χ0v) is 10.6. The Morgan fingerprint density at radius 2 is 1.95 bits per heavy atom. The van der Waals surface area contributed by atoms with E-state index in [9.17, 15) is 10.0 Å². The lowest BCUT2D eigenvalue weighted by atomic mass is 10.1. The number of hydrogen-bond donors (Lipinski definition) is 1. The minimum absolute atomic E-state index is 0.210. The first-order valence-electron chi connectivity index (χ1n) is 6.26. The maximum absolute atomic E-state index is 11.7. The normalized spacial score (nSPS) is 10.1. The van der Waals surface area contributed by atoms with Crippen molar-refractivity contribution in [3.8, 4) is 0 Å². The van der Waals surface area contributed by atoms with Crippen LogP contribution in [-0.4, -0.2) is 12.5 Å². The second-order valence-corrected chi connectivity index (χ2v) is 4.30. The van der Waals surface area contributed by atoms with Gasteiger partial charge in [-0.2, -0.15) is 4.73 Å². The van der Waals surface area contributed by atoms with E-state index in [1.54, 1.807) is 12.1 Å². The van der Waals surface area contributed by atoms with E-state index in [1.807, 2.05) is 18.2 Å². The van der Waals surface area contributed by atoms with E-state index >= 15 is 0 Å². The molecule has 98 valence electrons. The Kier molecular flexibility index (Phi) is 4.50. The monoisotopic (exact) mass is 256 g/mol. The van der Waals surface area contributed by atoms with Gasteiger partial charge in [0.15, 0.2) is 12.4 Å². The minimum atomic E-state index is -0.210. The minimum Gasteiger partial charge on any atom is -0.619 e. The molecule has 2 aromatic rings. The van der Waals surface area contributed by atoms with Gasteiger partial charge in [0.25, 0.3) is 5.91 Å². The quantitative estimate of drug-likeness (QED) is 0.503. The van der Waals surface area contributed by atoms with Crippen LogP contribution < -0.4 is 10.0 Å². The Hall–Kier alpha value is -2.36. The Balaban J connectivity index is 1.75. The molecule has 1 heterocycles. The molecule has 19 heavy (non-hydrogen) atoms. The van der Waals surface area contributed by atoms with Crippen LogP contribution in [0.25, 0.3) is 0 Å². The fourth-order valence-electron chi connectivity index (χ4n) is 1.83. The summed E-state index contributed by atoms with van der Waals surface area (Å²) in [5, 5.41) is 13.9. The Labute approximate surface area is 112 Å². The summed E-state index contributed by atoms with van der Waals surface area (Å²) in [7, 11) is 0. The molecule has 0 spiro atoms. The lowest BCUT2D eigenvalue weighted by molar-refractivity contribution is -0.605. The predicted molar refractivity (Wildman–Crippen MR) is 72.5 cm³/mol. The molecule has 2 rings (SSSR count). The topological polar surface area (TPSA) is 56.0 Å². The molecule has 0 aliphatic heterocycles. The highest BCUT2D eigenvalue weighted by atomic mass is 16.5. The zero-order chi connectivity index (χ0) is 13.5. The fourth-order valence-corrected chi connectivity index (χ4v) is 1.83. The molecule has 4 nitrogen and oxygen atoms in total. The summed E-state index contributed by atoms with van der Waals surface area (Å²) in [5.74, 6) is -0.210. The van der Waals surface area contributed by atoms with Crippen LogP contribution in [0.4, 0.5) is 0 Å². The molecule has 1 aromatic carbocycles. The van der Waals surface area contributed by atoms with Crippen molar-refractivity contribution in [2.75, 3.05) is 6.54 Å². The van der Waals surface area contributed by atoms with Crippen molar-refractivity contribution in [1.82, 2.24) is 5.32 Å². The van der Waals surface area contributed by atoms with Crippen LogP contribution in [0.2, 0.25) is 0 Å². The first-order valence-corrected chi connectivity index (χ1v) is 6.26. The number of amides is 1.